The molecule has 0 aromatic heterocycles. The minimum atomic E-state index is 0.201. The number of aryl methyl sites for hydroxylation is 2. The van der Waals surface area contributed by atoms with Crippen LogP contribution in [0.25, 0.3) is 0 Å². The molecule has 2 N–H and O–H groups in total. The Morgan fingerprint density at radius 1 is 1.18 bits per heavy atom. The lowest BCUT2D eigenvalue weighted by atomic mass is 9.83. The van der Waals surface area contributed by atoms with Gasteiger partial charge in [0, 0.05) is 17.2 Å². The number of rotatable bonds is 2. The summed E-state index contributed by atoms with van der Waals surface area (Å²) < 4.78 is 0. The van der Waals surface area contributed by atoms with E-state index in [0.29, 0.717) is 5.69 Å². The van der Waals surface area contributed by atoms with Crippen molar-refractivity contribution in [2.24, 2.45) is 5.92 Å². The van der Waals surface area contributed by atoms with Gasteiger partial charge in [0.05, 0.1) is 0 Å². The number of carbonyl (C=O) groups is 1. The third kappa shape index (κ3) is 2.51. The molecule has 0 radical (unpaired) electrons. The van der Waals surface area contributed by atoms with Crippen LogP contribution in [0.4, 0.5) is 5.69 Å². The fourth-order valence-electron chi connectivity index (χ4n) is 2.77. The van der Waals surface area contributed by atoms with Crippen LogP contribution in [-0.2, 0) is 0 Å². The normalized spacial score (nSPS) is 17.1. The van der Waals surface area contributed by atoms with Crippen molar-refractivity contribution in [3.63, 3.8) is 0 Å². The van der Waals surface area contributed by atoms with Crippen LogP contribution in [0.5, 0.6) is 0 Å². The van der Waals surface area contributed by atoms with Crippen molar-refractivity contribution in [2.75, 3.05) is 5.73 Å². The zero-order valence-corrected chi connectivity index (χ0v) is 10.8. The lowest BCUT2D eigenvalue weighted by molar-refractivity contribution is 0.0890. The summed E-state index contributed by atoms with van der Waals surface area (Å²) in [6.07, 6.45) is 5.70. The van der Waals surface area contributed by atoms with Gasteiger partial charge >= 0.3 is 0 Å². The fourth-order valence-corrected chi connectivity index (χ4v) is 2.77. The first-order valence-corrected chi connectivity index (χ1v) is 6.50. The maximum Gasteiger partial charge on any atom is 0.168 e. The number of hydrogen-bond donors (Lipinski definition) is 1. The van der Waals surface area contributed by atoms with E-state index in [0.717, 1.165) is 29.5 Å². The second-order valence-corrected chi connectivity index (χ2v) is 5.24. The third-order valence-corrected chi connectivity index (χ3v) is 3.77. The van der Waals surface area contributed by atoms with E-state index in [-0.39, 0.29) is 11.7 Å². The summed E-state index contributed by atoms with van der Waals surface area (Å²) in [4.78, 5) is 12.4. The molecule has 0 saturated heterocycles. The molecule has 1 aromatic carbocycles. The Bertz CT molecular complexity index is 431. The molecule has 1 aliphatic carbocycles. The Morgan fingerprint density at radius 3 is 2.47 bits per heavy atom. The van der Waals surface area contributed by atoms with E-state index >= 15 is 0 Å². The number of anilines is 1. The van der Waals surface area contributed by atoms with Gasteiger partial charge in [0.2, 0.25) is 0 Å². The molecular weight excluding hydrogens is 210 g/mol. The Morgan fingerprint density at radius 2 is 1.82 bits per heavy atom. The predicted octanol–water partition coefficient (Wildman–Crippen LogP) is 3.65. The molecule has 1 aromatic rings. The van der Waals surface area contributed by atoms with Crippen LogP contribution < -0.4 is 5.73 Å². The molecule has 0 aliphatic heterocycles. The fraction of sp³-hybridized carbons (Fsp3) is 0.533. The van der Waals surface area contributed by atoms with Gasteiger partial charge < -0.3 is 5.73 Å². The molecule has 0 unspecified atom stereocenters. The maximum absolute atomic E-state index is 12.4. The molecular formula is C15H21NO. The highest BCUT2D eigenvalue weighted by atomic mass is 16.1. The Kier molecular flexibility index (Phi) is 3.51. The van der Waals surface area contributed by atoms with Gasteiger partial charge in [0.25, 0.3) is 0 Å². The van der Waals surface area contributed by atoms with Gasteiger partial charge in [-0.2, -0.15) is 0 Å². The summed E-state index contributed by atoms with van der Waals surface area (Å²) in [7, 11) is 0. The maximum atomic E-state index is 12.4. The molecule has 1 aliphatic rings. The van der Waals surface area contributed by atoms with Crippen LogP contribution in [0, 0.1) is 19.8 Å². The first-order valence-electron chi connectivity index (χ1n) is 6.50. The Balaban J connectivity index is 2.29. The zero-order chi connectivity index (χ0) is 12.4. The molecule has 2 rings (SSSR count). The molecule has 1 saturated carbocycles. The average Bonchev–Trinajstić information content (AvgIpc) is 2.34. The summed E-state index contributed by atoms with van der Waals surface area (Å²) >= 11 is 0. The van der Waals surface area contributed by atoms with Gasteiger partial charge in [0.1, 0.15) is 0 Å². The highest BCUT2D eigenvalue weighted by molar-refractivity contribution is 6.03. The standard InChI is InChI=1S/C15H21NO/c1-10-8-11(2)14(16)13(9-10)15(17)12-6-4-3-5-7-12/h8-9,12H,3-7,16H2,1-2H3. The van der Waals surface area contributed by atoms with Crippen LogP contribution in [0.15, 0.2) is 12.1 Å². The topological polar surface area (TPSA) is 43.1 Å². The van der Waals surface area contributed by atoms with Crippen molar-refractivity contribution in [1.82, 2.24) is 0 Å². The average molecular weight is 231 g/mol. The number of carbonyl (C=O) groups excluding carboxylic acids is 1. The summed E-state index contributed by atoms with van der Waals surface area (Å²) in [5.41, 5.74) is 9.59. The van der Waals surface area contributed by atoms with E-state index in [2.05, 4.69) is 0 Å². The minimum Gasteiger partial charge on any atom is -0.398 e. The van der Waals surface area contributed by atoms with Crippen molar-refractivity contribution in [2.45, 2.75) is 46.0 Å². The molecule has 0 bridgehead atoms. The highest BCUT2D eigenvalue weighted by Crippen LogP contribution is 2.30. The molecule has 2 nitrogen and oxygen atoms in total. The van der Waals surface area contributed by atoms with E-state index in [4.69, 9.17) is 5.73 Å². The van der Waals surface area contributed by atoms with Crippen molar-refractivity contribution in [3.05, 3.63) is 28.8 Å². The summed E-state index contributed by atoms with van der Waals surface area (Å²) in [6, 6.07) is 3.98. The van der Waals surface area contributed by atoms with E-state index in [1.54, 1.807) is 0 Å². The lowest BCUT2D eigenvalue weighted by Gasteiger charge is -2.21. The monoisotopic (exact) mass is 231 g/mol. The number of ketones is 1. The predicted molar refractivity (Wildman–Crippen MR) is 71.2 cm³/mol. The summed E-state index contributed by atoms with van der Waals surface area (Å²) in [5, 5.41) is 0. The Hall–Kier alpha value is -1.31. The van der Waals surface area contributed by atoms with Crippen LogP contribution in [0.2, 0.25) is 0 Å². The largest absolute Gasteiger partial charge is 0.398 e. The van der Waals surface area contributed by atoms with Crippen molar-refractivity contribution in [3.8, 4) is 0 Å². The number of benzene rings is 1. The van der Waals surface area contributed by atoms with Gasteiger partial charge in [-0.15, -0.1) is 0 Å². The lowest BCUT2D eigenvalue weighted by Crippen LogP contribution is -2.19. The van der Waals surface area contributed by atoms with E-state index < -0.39 is 0 Å². The van der Waals surface area contributed by atoms with E-state index in [9.17, 15) is 4.79 Å². The number of nitrogen functional groups attached to an aromatic ring is 1. The van der Waals surface area contributed by atoms with Crippen LogP contribution in [0.1, 0.15) is 53.6 Å². The molecule has 0 atom stereocenters. The van der Waals surface area contributed by atoms with Gasteiger partial charge in [-0.05, 0) is 43.9 Å². The smallest absolute Gasteiger partial charge is 0.168 e. The molecule has 0 amide bonds. The van der Waals surface area contributed by atoms with Gasteiger partial charge in [-0.1, -0.05) is 25.3 Å². The molecule has 0 heterocycles. The van der Waals surface area contributed by atoms with Crippen molar-refractivity contribution >= 4 is 11.5 Å². The SMILES string of the molecule is Cc1cc(C)c(N)c(C(=O)C2CCCCC2)c1. The zero-order valence-electron chi connectivity index (χ0n) is 10.8. The van der Waals surface area contributed by atoms with E-state index in [1.165, 1.54) is 19.3 Å². The minimum absolute atomic E-state index is 0.201. The van der Waals surface area contributed by atoms with Crippen LogP contribution >= 0.6 is 0 Å². The quantitative estimate of drug-likeness (QED) is 0.623. The molecule has 92 valence electrons. The van der Waals surface area contributed by atoms with E-state index in [1.807, 2.05) is 26.0 Å². The molecule has 1 fully saturated rings. The molecule has 2 heteroatoms. The van der Waals surface area contributed by atoms with Crippen LogP contribution in [-0.4, -0.2) is 5.78 Å². The van der Waals surface area contributed by atoms with Crippen molar-refractivity contribution < 1.29 is 4.79 Å². The second-order valence-electron chi connectivity index (χ2n) is 5.24. The van der Waals surface area contributed by atoms with Gasteiger partial charge in [0.15, 0.2) is 5.78 Å². The summed E-state index contributed by atoms with van der Waals surface area (Å²) in [5.74, 6) is 0.459. The number of Topliss-reactive ketones (excluding diaryl/α,β-unsaturated/α-hetero) is 1. The third-order valence-electron chi connectivity index (χ3n) is 3.77. The number of hydrogen-bond acceptors (Lipinski definition) is 2. The molecule has 0 spiro atoms. The first kappa shape index (κ1) is 12.2. The number of nitrogens with two attached hydrogens (primary N) is 1. The summed E-state index contributed by atoms with van der Waals surface area (Å²) in [6.45, 7) is 3.99. The molecule has 17 heavy (non-hydrogen) atoms. The van der Waals surface area contributed by atoms with Crippen molar-refractivity contribution in [1.29, 1.82) is 0 Å². The van der Waals surface area contributed by atoms with Gasteiger partial charge in [-0.3, -0.25) is 4.79 Å². The Labute approximate surface area is 103 Å². The van der Waals surface area contributed by atoms with Gasteiger partial charge in [-0.25, -0.2) is 0 Å². The first-order chi connectivity index (χ1) is 8.09. The van der Waals surface area contributed by atoms with Crippen LogP contribution in [0.3, 0.4) is 0 Å². The second kappa shape index (κ2) is 4.91. The highest BCUT2D eigenvalue weighted by Gasteiger charge is 2.24.